The molecule has 1 saturated heterocycles. The highest BCUT2D eigenvalue weighted by Gasteiger charge is 2.23. The van der Waals surface area contributed by atoms with Crippen molar-refractivity contribution in [3.8, 4) is 0 Å². The van der Waals surface area contributed by atoms with Crippen LogP contribution in [0.15, 0.2) is 24.9 Å². The summed E-state index contributed by atoms with van der Waals surface area (Å²) >= 11 is 0. The fourth-order valence-electron chi connectivity index (χ4n) is 3.36. The van der Waals surface area contributed by atoms with Crippen LogP contribution in [-0.4, -0.2) is 49.4 Å². The van der Waals surface area contributed by atoms with Gasteiger partial charge < -0.3 is 10.2 Å². The van der Waals surface area contributed by atoms with Gasteiger partial charge in [0.25, 0.3) is 0 Å². The van der Waals surface area contributed by atoms with Crippen molar-refractivity contribution in [1.29, 1.82) is 0 Å². The summed E-state index contributed by atoms with van der Waals surface area (Å²) in [5, 5.41) is 18.8. The van der Waals surface area contributed by atoms with Crippen LogP contribution in [0.5, 0.6) is 0 Å². The van der Waals surface area contributed by atoms with Crippen LogP contribution in [-0.2, 0) is 6.54 Å². The number of hydrogen-bond acceptors (Lipinski definition) is 6. The Morgan fingerprint density at radius 3 is 3.25 bits per heavy atom. The summed E-state index contributed by atoms with van der Waals surface area (Å²) in [6.45, 7) is 5.93. The summed E-state index contributed by atoms with van der Waals surface area (Å²) < 4.78 is 1.92. The Hall–Kier alpha value is -2.48. The monoisotopic (exact) mass is 326 g/mol. The molecule has 3 aromatic rings. The van der Waals surface area contributed by atoms with Crippen LogP contribution in [0.2, 0.25) is 0 Å². The zero-order valence-electron chi connectivity index (χ0n) is 13.8. The lowest BCUT2D eigenvalue weighted by atomic mass is 9.98. The predicted molar refractivity (Wildman–Crippen MR) is 90.8 cm³/mol. The first kappa shape index (κ1) is 15.1. The lowest BCUT2D eigenvalue weighted by Crippen LogP contribution is -2.40. The van der Waals surface area contributed by atoms with Gasteiger partial charge in [0.05, 0.1) is 6.20 Å². The molecule has 3 aromatic heterocycles. The molecule has 8 nitrogen and oxygen atoms in total. The molecule has 4 rings (SSSR count). The Labute approximate surface area is 140 Å². The number of nitrogens with zero attached hydrogens (tertiary/aromatic N) is 6. The van der Waals surface area contributed by atoms with Gasteiger partial charge in [-0.1, -0.05) is 0 Å². The van der Waals surface area contributed by atoms with Crippen molar-refractivity contribution in [2.45, 2.75) is 26.3 Å². The van der Waals surface area contributed by atoms with E-state index in [0.29, 0.717) is 5.92 Å². The van der Waals surface area contributed by atoms with Gasteiger partial charge in [0.2, 0.25) is 5.65 Å². The summed E-state index contributed by atoms with van der Waals surface area (Å²) in [7, 11) is 0. The van der Waals surface area contributed by atoms with Crippen LogP contribution < -0.4 is 10.2 Å². The average molecular weight is 326 g/mol. The maximum atomic E-state index is 4.54. The molecule has 1 atom stereocenters. The van der Waals surface area contributed by atoms with E-state index in [1.54, 1.807) is 6.33 Å². The maximum absolute atomic E-state index is 4.54. The summed E-state index contributed by atoms with van der Waals surface area (Å²) in [5.74, 6) is 1.54. The van der Waals surface area contributed by atoms with Crippen LogP contribution in [0.3, 0.4) is 0 Å². The first-order valence-electron chi connectivity index (χ1n) is 8.40. The molecule has 0 aromatic carbocycles. The molecule has 0 bridgehead atoms. The topological polar surface area (TPSA) is 87.0 Å². The molecule has 8 heteroatoms. The highest BCUT2D eigenvalue weighted by atomic mass is 15.3. The molecule has 1 aliphatic heterocycles. The van der Waals surface area contributed by atoms with Crippen molar-refractivity contribution in [3.63, 3.8) is 0 Å². The lowest BCUT2D eigenvalue weighted by molar-refractivity contribution is 0.390. The van der Waals surface area contributed by atoms with Crippen molar-refractivity contribution in [3.05, 3.63) is 36.2 Å². The number of rotatable bonds is 5. The standard InChI is InChI=1S/C16H22N8/c1-12-14(9-19-21-12)8-17-7-13-3-2-5-23(10-13)15-16-22-20-11-24(16)6-4-18-15/h4,6,9,11,13,17H,2-3,5,7-8,10H2,1H3,(H,19,21). The average Bonchev–Trinajstić information content (AvgIpc) is 3.24. The van der Waals surface area contributed by atoms with Gasteiger partial charge in [-0.25, -0.2) is 4.98 Å². The number of fused-ring (bicyclic) bond motifs is 1. The Morgan fingerprint density at radius 2 is 2.38 bits per heavy atom. The Morgan fingerprint density at radius 1 is 1.42 bits per heavy atom. The first-order valence-corrected chi connectivity index (χ1v) is 8.40. The van der Waals surface area contributed by atoms with E-state index in [0.717, 1.165) is 43.3 Å². The Balaban J connectivity index is 1.39. The quantitative estimate of drug-likeness (QED) is 0.732. The third kappa shape index (κ3) is 2.96. The molecule has 2 N–H and O–H groups in total. The second-order valence-corrected chi connectivity index (χ2v) is 6.42. The molecule has 0 spiro atoms. The van der Waals surface area contributed by atoms with Gasteiger partial charge >= 0.3 is 0 Å². The molecule has 0 amide bonds. The van der Waals surface area contributed by atoms with E-state index >= 15 is 0 Å². The van der Waals surface area contributed by atoms with Gasteiger partial charge in [-0.05, 0) is 32.2 Å². The number of nitrogens with one attached hydrogen (secondary N) is 2. The number of H-pyrrole nitrogens is 1. The van der Waals surface area contributed by atoms with Gasteiger partial charge in [0.15, 0.2) is 5.82 Å². The van der Waals surface area contributed by atoms with Crippen LogP contribution in [0, 0.1) is 12.8 Å². The molecule has 0 radical (unpaired) electrons. The number of aryl methyl sites for hydroxylation is 1. The minimum atomic E-state index is 0.607. The molecule has 1 unspecified atom stereocenters. The van der Waals surface area contributed by atoms with Gasteiger partial charge in [0.1, 0.15) is 6.33 Å². The number of hydrogen-bond donors (Lipinski definition) is 2. The largest absolute Gasteiger partial charge is 0.353 e. The fraction of sp³-hybridized carbons (Fsp3) is 0.500. The minimum absolute atomic E-state index is 0.607. The molecular formula is C16H22N8. The summed E-state index contributed by atoms with van der Waals surface area (Å²) in [6.07, 6.45) is 9.73. The van der Waals surface area contributed by atoms with Crippen molar-refractivity contribution < 1.29 is 0 Å². The highest BCUT2D eigenvalue weighted by Crippen LogP contribution is 2.23. The third-order valence-corrected chi connectivity index (χ3v) is 4.70. The third-order valence-electron chi connectivity index (χ3n) is 4.70. The molecule has 126 valence electrons. The summed E-state index contributed by atoms with van der Waals surface area (Å²) in [4.78, 5) is 6.88. The predicted octanol–water partition coefficient (Wildman–Crippen LogP) is 1.16. The van der Waals surface area contributed by atoms with E-state index < -0.39 is 0 Å². The number of aromatic amines is 1. The second kappa shape index (κ2) is 6.56. The first-order chi connectivity index (χ1) is 11.8. The van der Waals surface area contributed by atoms with E-state index in [-0.39, 0.29) is 0 Å². The van der Waals surface area contributed by atoms with Gasteiger partial charge in [-0.15, -0.1) is 10.2 Å². The van der Waals surface area contributed by atoms with E-state index in [4.69, 9.17) is 0 Å². The smallest absolute Gasteiger partial charge is 0.203 e. The zero-order valence-corrected chi connectivity index (χ0v) is 13.8. The second-order valence-electron chi connectivity index (χ2n) is 6.42. The van der Waals surface area contributed by atoms with Gasteiger partial charge in [-0.3, -0.25) is 9.50 Å². The highest BCUT2D eigenvalue weighted by molar-refractivity contribution is 5.63. The van der Waals surface area contributed by atoms with Crippen molar-refractivity contribution in [2.75, 3.05) is 24.5 Å². The van der Waals surface area contributed by atoms with Crippen molar-refractivity contribution in [2.24, 2.45) is 5.92 Å². The number of anilines is 1. The number of aromatic nitrogens is 6. The summed E-state index contributed by atoms with van der Waals surface area (Å²) in [6, 6.07) is 0. The van der Waals surface area contributed by atoms with Crippen LogP contribution in [0.1, 0.15) is 24.1 Å². The van der Waals surface area contributed by atoms with Gasteiger partial charge in [0, 0.05) is 43.3 Å². The molecule has 1 aliphatic rings. The Bertz CT molecular complexity index is 807. The molecular weight excluding hydrogens is 304 g/mol. The van der Waals surface area contributed by atoms with Crippen LogP contribution >= 0.6 is 0 Å². The van der Waals surface area contributed by atoms with Crippen molar-refractivity contribution >= 4 is 11.5 Å². The van der Waals surface area contributed by atoms with Gasteiger partial charge in [-0.2, -0.15) is 5.10 Å². The van der Waals surface area contributed by atoms with E-state index in [1.807, 2.05) is 23.0 Å². The minimum Gasteiger partial charge on any atom is -0.353 e. The molecule has 0 aliphatic carbocycles. The normalized spacial score (nSPS) is 18.4. The zero-order chi connectivity index (χ0) is 16.4. The summed E-state index contributed by atoms with van der Waals surface area (Å²) in [5.41, 5.74) is 3.20. The fourth-order valence-corrected chi connectivity index (χ4v) is 3.36. The van der Waals surface area contributed by atoms with E-state index in [2.05, 4.69) is 42.5 Å². The van der Waals surface area contributed by atoms with Crippen molar-refractivity contribution in [1.82, 2.24) is 35.1 Å². The van der Waals surface area contributed by atoms with E-state index in [9.17, 15) is 0 Å². The number of piperidine rings is 1. The molecule has 0 saturated carbocycles. The lowest BCUT2D eigenvalue weighted by Gasteiger charge is -2.33. The molecule has 4 heterocycles. The maximum Gasteiger partial charge on any atom is 0.203 e. The van der Waals surface area contributed by atoms with E-state index in [1.165, 1.54) is 18.4 Å². The SMILES string of the molecule is Cc1[nH]ncc1CNCC1CCCN(c2nccn3cnnc23)C1. The Kier molecular flexibility index (Phi) is 4.12. The molecule has 1 fully saturated rings. The van der Waals surface area contributed by atoms with Crippen LogP contribution in [0.25, 0.3) is 5.65 Å². The molecule has 24 heavy (non-hydrogen) atoms. The van der Waals surface area contributed by atoms with Crippen LogP contribution in [0.4, 0.5) is 5.82 Å².